The van der Waals surface area contributed by atoms with Crippen LogP contribution < -0.4 is 4.90 Å². The predicted octanol–water partition coefficient (Wildman–Crippen LogP) is 3.38. The number of hydrogen-bond acceptors (Lipinski definition) is 5. The largest absolute Gasteiger partial charge is 0.445 e. The van der Waals surface area contributed by atoms with Gasteiger partial charge in [0.15, 0.2) is 0 Å². The van der Waals surface area contributed by atoms with Gasteiger partial charge in [-0.3, -0.25) is 9.69 Å². The van der Waals surface area contributed by atoms with Gasteiger partial charge in [0, 0.05) is 23.6 Å². The van der Waals surface area contributed by atoms with Gasteiger partial charge in [0.2, 0.25) is 5.89 Å². The Morgan fingerprint density at radius 3 is 2.86 bits per heavy atom. The number of carbonyl (C=O) groups excluding carboxylic acids is 1. The minimum Gasteiger partial charge on any atom is -0.445 e. The lowest BCUT2D eigenvalue weighted by Crippen LogP contribution is -2.27. The molecular weight excluding hydrogens is 286 g/mol. The molecule has 106 valence electrons. The second-order valence-corrected chi connectivity index (χ2v) is 5.30. The Morgan fingerprint density at radius 1 is 1.33 bits per heavy atom. The second kappa shape index (κ2) is 5.49. The maximum Gasteiger partial charge on any atom is 0.259 e. The van der Waals surface area contributed by atoms with E-state index in [0.717, 1.165) is 11.1 Å². The molecule has 1 amide bonds. The third-order valence-electron chi connectivity index (χ3n) is 3.21. The molecule has 1 aromatic carbocycles. The number of thiazole rings is 1. The number of nitrogens with zero attached hydrogens (tertiary/aromatic N) is 3. The number of anilines is 1. The van der Waals surface area contributed by atoms with Crippen molar-refractivity contribution in [3.8, 4) is 11.5 Å². The van der Waals surface area contributed by atoms with Crippen molar-refractivity contribution in [3.05, 3.63) is 52.7 Å². The fourth-order valence-corrected chi connectivity index (χ4v) is 2.58. The van der Waals surface area contributed by atoms with Gasteiger partial charge in [-0.05, 0) is 24.6 Å². The third-order valence-corrected chi connectivity index (χ3v) is 3.79. The number of carbonyl (C=O) groups is 1. The van der Waals surface area contributed by atoms with Gasteiger partial charge in [-0.2, -0.15) is 0 Å². The van der Waals surface area contributed by atoms with Crippen LogP contribution in [0.1, 0.15) is 15.9 Å². The molecule has 0 aliphatic carbocycles. The number of oxazole rings is 1. The maximum atomic E-state index is 12.6. The zero-order valence-electron chi connectivity index (χ0n) is 11.6. The van der Waals surface area contributed by atoms with Crippen molar-refractivity contribution < 1.29 is 9.21 Å². The zero-order valence-corrected chi connectivity index (χ0v) is 12.4. The Kier molecular flexibility index (Phi) is 3.53. The molecule has 3 rings (SSSR count). The summed E-state index contributed by atoms with van der Waals surface area (Å²) >= 11 is 1.46. The minimum absolute atomic E-state index is 0.105. The van der Waals surface area contributed by atoms with E-state index in [4.69, 9.17) is 4.42 Å². The van der Waals surface area contributed by atoms with E-state index in [-0.39, 0.29) is 5.91 Å². The summed E-state index contributed by atoms with van der Waals surface area (Å²) in [5, 5.41) is 1.84. The smallest absolute Gasteiger partial charge is 0.259 e. The van der Waals surface area contributed by atoms with E-state index in [1.54, 1.807) is 24.8 Å². The molecule has 3 aromatic rings. The van der Waals surface area contributed by atoms with Crippen molar-refractivity contribution in [2.75, 3.05) is 11.9 Å². The van der Waals surface area contributed by atoms with E-state index >= 15 is 0 Å². The summed E-state index contributed by atoms with van der Waals surface area (Å²) in [5.41, 5.74) is 3.99. The van der Waals surface area contributed by atoms with Crippen LogP contribution in [0.5, 0.6) is 0 Å². The van der Waals surface area contributed by atoms with Crippen LogP contribution in [0.15, 0.2) is 46.0 Å². The molecule has 2 heterocycles. The van der Waals surface area contributed by atoms with Crippen LogP contribution in [0.3, 0.4) is 0 Å². The van der Waals surface area contributed by atoms with Crippen LogP contribution in [-0.4, -0.2) is 22.9 Å². The number of rotatable bonds is 3. The summed E-state index contributed by atoms with van der Waals surface area (Å²) < 4.78 is 5.28. The molecule has 2 aromatic heterocycles. The molecule has 0 bridgehead atoms. The van der Waals surface area contributed by atoms with Crippen LogP contribution in [-0.2, 0) is 0 Å². The Morgan fingerprint density at radius 2 is 2.19 bits per heavy atom. The van der Waals surface area contributed by atoms with E-state index in [0.29, 0.717) is 17.3 Å². The summed E-state index contributed by atoms with van der Waals surface area (Å²) in [4.78, 5) is 22.4. The lowest BCUT2D eigenvalue weighted by Gasteiger charge is -2.16. The van der Waals surface area contributed by atoms with Crippen molar-refractivity contribution in [3.63, 3.8) is 0 Å². The minimum atomic E-state index is -0.105. The van der Waals surface area contributed by atoms with Gasteiger partial charge in [0.05, 0.1) is 11.7 Å². The molecule has 0 saturated carbocycles. The highest BCUT2D eigenvalue weighted by atomic mass is 32.1. The Hall–Kier alpha value is -2.47. The lowest BCUT2D eigenvalue weighted by atomic mass is 10.0. The normalized spacial score (nSPS) is 10.6. The highest BCUT2D eigenvalue weighted by Crippen LogP contribution is 2.23. The summed E-state index contributed by atoms with van der Waals surface area (Å²) in [5.74, 6) is 1.04. The summed E-state index contributed by atoms with van der Waals surface area (Å²) in [7, 11) is 1.72. The predicted molar refractivity (Wildman–Crippen MR) is 81.5 cm³/mol. The summed E-state index contributed by atoms with van der Waals surface area (Å²) in [6.45, 7) is 1.90. The van der Waals surface area contributed by atoms with E-state index < -0.39 is 0 Å². The van der Waals surface area contributed by atoms with E-state index in [2.05, 4.69) is 9.97 Å². The Bertz CT molecular complexity index is 751. The molecule has 6 heteroatoms. The molecule has 0 fully saturated rings. The number of aryl methyl sites for hydroxylation is 1. The summed E-state index contributed by atoms with van der Waals surface area (Å²) in [6.07, 6.45) is 3.09. The monoisotopic (exact) mass is 299 g/mol. The quantitative estimate of drug-likeness (QED) is 0.744. The molecule has 0 unspecified atom stereocenters. The van der Waals surface area contributed by atoms with E-state index in [1.165, 1.54) is 22.5 Å². The van der Waals surface area contributed by atoms with Crippen LogP contribution in [0, 0.1) is 6.92 Å². The van der Waals surface area contributed by atoms with E-state index in [9.17, 15) is 4.79 Å². The van der Waals surface area contributed by atoms with Gasteiger partial charge in [0.25, 0.3) is 5.91 Å². The van der Waals surface area contributed by atoms with Gasteiger partial charge < -0.3 is 4.42 Å². The average molecular weight is 299 g/mol. The number of amides is 1. The lowest BCUT2D eigenvalue weighted by molar-refractivity contribution is 0.0992. The first-order valence-corrected chi connectivity index (χ1v) is 7.28. The average Bonchev–Trinajstić information content (AvgIpc) is 3.19. The first-order valence-electron chi connectivity index (χ1n) is 6.33. The van der Waals surface area contributed by atoms with Crippen molar-refractivity contribution in [2.45, 2.75) is 6.92 Å². The van der Waals surface area contributed by atoms with Gasteiger partial charge in [0.1, 0.15) is 12.1 Å². The SMILES string of the molecule is Cc1ccc(-c2ncco2)cc1C(=O)N(C)c1cscn1. The molecule has 0 N–H and O–H groups in total. The topological polar surface area (TPSA) is 59.2 Å². The van der Waals surface area contributed by atoms with Crippen molar-refractivity contribution in [1.29, 1.82) is 0 Å². The van der Waals surface area contributed by atoms with Crippen molar-refractivity contribution in [1.82, 2.24) is 9.97 Å². The van der Waals surface area contributed by atoms with E-state index in [1.807, 2.05) is 24.4 Å². The highest BCUT2D eigenvalue weighted by Gasteiger charge is 2.18. The van der Waals surface area contributed by atoms with Crippen molar-refractivity contribution >= 4 is 23.1 Å². The third kappa shape index (κ3) is 2.57. The molecule has 0 spiro atoms. The molecule has 21 heavy (non-hydrogen) atoms. The molecular formula is C15H13N3O2S. The summed E-state index contributed by atoms with van der Waals surface area (Å²) in [6, 6.07) is 5.58. The van der Waals surface area contributed by atoms with Crippen LogP contribution in [0.4, 0.5) is 5.82 Å². The number of aromatic nitrogens is 2. The molecule has 0 radical (unpaired) electrons. The van der Waals surface area contributed by atoms with Crippen LogP contribution in [0.2, 0.25) is 0 Å². The van der Waals surface area contributed by atoms with Gasteiger partial charge in [-0.1, -0.05) is 6.07 Å². The highest BCUT2D eigenvalue weighted by molar-refractivity contribution is 7.07. The molecule has 0 saturated heterocycles. The number of benzene rings is 1. The Balaban J connectivity index is 1.98. The van der Waals surface area contributed by atoms with Gasteiger partial charge in [-0.25, -0.2) is 9.97 Å². The van der Waals surface area contributed by atoms with Crippen LogP contribution >= 0.6 is 11.3 Å². The first-order chi connectivity index (χ1) is 10.2. The fraction of sp³-hybridized carbons (Fsp3) is 0.133. The van der Waals surface area contributed by atoms with Gasteiger partial charge >= 0.3 is 0 Å². The fourth-order valence-electron chi connectivity index (χ4n) is 2.01. The first kappa shape index (κ1) is 13.5. The maximum absolute atomic E-state index is 12.6. The standard InChI is InChI=1S/C15H13N3O2S/c1-10-3-4-11(14-16-5-6-20-14)7-12(10)15(19)18(2)13-8-21-9-17-13/h3-9H,1-2H3. The molecule has 5 nitrogen and oxygen atoms in total. The Labute approximate surface area is 125 Å². The zero-order chi connectivity index (χ0) is 14.8. The molecule has 0 aliphatic heterocycles. The second-order valence-electron chi connectivity index (χ2n) is 4.58. The number of hydrogen-bond donors (Lipinski definition) is 0. The molecule has 0 aliphatic rings. The van der Waals surface area contributed by atoms with Crippen LogP contribution in [0.25, 0.3) is 11.5 Å². The molecule has 0 atom stereocenters. The van der Waals surface area contributed by atoms with Crippen molar-refractivity contribution in [2.24, 2.45) is 0 Å². The van der Waals surface area contributed by atoms with Gasteiger partial charge in [-0.15, -0.1) is 11.3 Å².